The van der Waals surface area contributed by atoms with E-state index in [0.717, 1.165) is 77.2 Å². The van der Waals surface area contributed by atoms with Crippen LogP contribution in [0.4, 0.5) is 0 Å². The second-order valence-electron chi connectivity index (χ2n) is 11.0. The van der Waals surface area contributed by atoms with Crippen molar-refractivity contribution in [2.75, 3.05) is 0 Å². The SMILES string of the molecule is Cc1ccc(C)c(-c2cc3ccccc3c3c2OP(=O)(O)Oc2c(-c4cc(C)ccc4C)cc4ccccc4c2-3)c1. The zero-order valence-electron chi connectivity index (χ0n) is 23.4. The lowest BCUT2D eigenvalue weighted by atomic mass is 9.85. The molecule has 1 aliphatic heterocycles. The van der Waals surface area contributed by atoms with E-state index in [2.05, 4.69) is 60.7 Å². The van der Waals surface area contributed by atoms with Crippen LogP contribution < -0.4 is 9.05 Å². The van der Waals surface area contributed by atoms with E-state index in [0.29, 0.717) is 11.5 Å². The monoisotopic (exact) mass is 556 g/mol. The van der Waals surface area contributed by atoms with Gasteiger partial charge in [-0.15, -0.1) is 0 Å². The average Bonchev–Trinajstić information content (AvgIpc) is 3.08. The molecule has 0 amide bonds. The van der Waals surface area contributed by atoms with Crippen LogP contribution in [-0.2, 0) is 4.57 Å². The van der Waals surface area contributed by atoms with E-state index < -0.39 is 7.82 Å². The third-order valence-electron chi connectivity index (χ3n) is 8.03. The Morgan fingerprint density at radius 3 is 1.39 bits per heavy atom. The third-order valence-corrected chi connectivity index (χ3v) is 8.86. The Bertz CT molecular complexity index is 1950. The summed E-state index contributed by atoms with van der Waals surface area (Å²) in [6.45, 7) is 8.18. The van der Waals surface area contributed by atoms with Gasteiger partial charge in [0.15, 0.2) is 0 Å². The first-order valence-corrected chi connectivity index (χ1v) is 15.2. The van der Waals surface area contributed by atoms with Crippen LogP contribution in [0.1, 0.15) is 22.3 Å². The zero-order valence-corrected chi connectivity index (χ0v) is 24.3. The summed E-state index contributed by atoms with van der Waals surface area (Å²) in [6, 6.07) is 32.8. The van der Waals surface area contributed by atoms with Crippen LogP contribution in [0.3, 0.4) is 0 Å². The Labute approximate surface area is 239 Å². The lowest BCUT2D eigenvalue weighted by molar-refractivity contribution is 0.295. The molecule has 0 atom stereocenters. The summed E-state index contributed by atoms with van der Waals surface area (Å²) in [4.78, 5) is 11.3. The molecule has 0 aromatic heterocycles. The topological polar surface area (TPSA) is 55.8 Å². The van der Waals surface area contributed by atoms with Gasteiger partial charge in [-0.1, -0.05) is 96.1 Å². The van der Waals surface area contributed by atoms with Gasteiger partial charge in [0.05, 0.1) is 0 Å². The van der Waals surface area contributed by atoms with Crippen molar-refractivity contribution in [2.24, 2.45) is 0 Å². The number of fused-ring (bicyclic) bond motifs is 7. The van der Waals surface area contributed by atoms with Crippen molar-refractivity contribution >= 4 is 29.4 Å². The highest BCUT2D eigenvalue weighted by Crippen LogP contribution is 2.61. The molecular weight excluding hydrogens is 527 g/mol. The third kappa shape index (κ3) is 4.23. The van der Waals surface area contributed by atoms with E-state index in [1.165, 1.54) is 0 Å². The second kappa shape index (κ2) is 9.34. The quantitative estimate of drug-likeness (QED) is 0.216. The van der Waals surface area contributed by atoms with Crippen LogP contribution in [0, 0.1) is 27.7 Å². The molecule has 4 nitrogen and oxygen atoms in total. The Hall–Kier alpha value is -4.37. The summed E-state index contributed by atoms with van der Waals surface area (Å²) in [7, 11) is -4.60. The second-order valence-corrected chi connectivity index (χ2v) is 12.3. The largest absolute Gasteiger partial charge is 0.584 e. The van der Waals surface area contributed by atoms with E-state index in [4.69, 9.17) is 9.05 Å². The van der Waals surface area contributed by atoms with Crippen LogP contribution >= 0.6 is 7.82 Å². The number of phosphoric ester groups is 1. The van der Waals surface area contributed by atoms with E-state index in [1.807, 2.05) is 64.1 Å². The standard InChI is InChI=1S/C36H29O4P/c1-21-13-15-23(3)29(17-21)31-19-25-9-5-7-11-27(25)33-34-28-12-8-6-10-26(28)20-32(30-18-22(2)14-16-24(30)4)36(34)40-41(37,38)39-35(31)33/h5-20H,1-4H3,(H,37,38). The lowest BCUT2D eigenvalue weighted by Crippen LogP contribution is -2.00. The van der Waals surface area contributed by atoms with Crippen molar-refractivity contribution in [3.8, 4) is 44.9 Å². The van der Waals surface area contributed by atoms with Crippen molar-refractivity contribution in [3.05, 3.63) is 119 Å². The van der Waals surface area contributed by atoms with Crippen molar-refractivity contribution in [1.29, 1.82) is 0 Å². The summed E-state index contributed by atoms with van der Waals surface area (Å²) >= 11 is 0. The predicted octanol–water partition coefficient (Wildman–Crippen LogP) is 10.1. The highest BCUT2D eigenvalue weighted by Gasteiger charge is 2.38. The van der Waals surface area contributed by atoms with Crippen molar-refractivity contribution in [1.82, 2.24) is 0 Å². The molecule has 41 heavy (non-hydrogen) atoms. The van der Waals surface area contributed by atoms with Crippen LogP contribution in [0.15, 0.2) is 97.1 Å². The molecule has 0 unspecified atom stereocenters. The normalized spacial score (nSPS) is 13.7. The summed E-state index contributed by atoms with van der Waals surface area (Å²) in [5.74, 6) is 0.704. The molecule has 0 saturated carbocycles. The molecule has 202 valence electrons. The fourth-order valence-electron chi connectivity index (χ4n) is 6.04. The van der Waals surface area contributed by atoms with Crippen LogP contribution in [-0.4, -0.2) is 4.89 Å². The number of hydrogen-bond acceptors (Lipinski definition) is 3. The van der Waals surface area contributed by atoms with Gasteiger partial charge in [0, 0.05) is 22.3 Å². The van der Waals surface area contributed by atoms with Gasteiger partial charge in [0.25, 0.3) is 0 Å². The first-order valence-electron chi connectivity index (χ1n) is 13.7. The zero-order chi connectivity index (χ0) is 28.5. The van der Waals surface area contributed by atoms with E-state index in [9.17, 15) is 9.46 Å². The Balaban J connectivity index is 1.72. The predicted molar refractivity (Wildman–Crippen MR) is 168 cm³/mol. The smallest absolute Gasteiger partial charge is 0.394 e. The Kier molecular flexibility index (Phi) is 5.83. The molecule has 6 aromatic carbocycles. The molecule has 0 saturated heterocycles. The molecule has 6 aromatic rings. The summed E-state index contributed by atoms with van der Waals surface area (Å²) in [6.07, 6.45) is 0. The highest BCUT2D eigenvalue weighted by molar-refractivity contribution is 7.48. The summed E-state index contributed by atoms with van der Waals surface area (Å²) in [5, 5.41) is 3.86. The summed E-state index contributed by atoms with van der Waals surface area (Å²) in [5.41, 5.74) is 9.19. The van der Waals surface area contributed by atoms with Gasteiger partial charge in [-0.3, -0.25) is 4.89 Å². The van der Waals surface area contributed by atoms with Crippen molar-refractivity contribution in [2.45, 2.75) is 27.7 Å². The lowest BCUT2D eigenvalue weighted by Gasteiger charge is -2.20. The van der Waals surface area contributed by atoms with Gasteiger partial charge in [0.1, 0.15) is 11.5 Å². The van der Waals surface area contributed by atoms with Gasteiger partial charge in [0.2, 0.25) is 0 Å². The molecule has 0 aliphatic carbocycles. The van der Waals surface area contributed by atoms with Gasteiger partial charge < -0.3 is 9.05 Å². The maximum atomic E-state index is 13.8. The first-order chi connectivity index (χ1) is 19.7. The van der Waals surface area contributed by atoms with Crippen LogP contribution in [0.25, 0.3) is 54.9 Å². The molecule has 1 aliphatic rings. The number of hydrogen-bond donors (Lipinski definition) is 1. The number of rotatable bonds is 2. The fraction of sp³-hybridized carbons (Fsp3) is 0.111. The minimum absolute atomic E-state index is 0.352. The van der Waals surface area contributed by atoms with E-state index >= 15 is 0 Å². The maximum absolute atomic E-state index is 13.8. The first kappa shape index (κ1) is 25.6. The number of aryl methyl sites for hydroxylation is 4. The number of phosphoric acid groups is 1. The number of benzene rings is 6. The van der Waals surface area contributed by atoms with E-state index in [1.54, 1.807) is 0 Å². The molecule has 0 fully saturated rings. The maximum Gasteiger partial charge on any atom is 0.584 e. The molecule has 0 spiro atoms. The van der Waals surface area contributed by atoms with Crippen LogP contribution in [0.2, 0.25) is 0 Å². The molecular formula is C36H29O4P. The molecule has 7 rings (SSSR count). The molecule has 1 N–H and O–H groups in total. The highest BCUT2D eigenvalue weighted by atomic mass is 31.2. The average molecular weight is 557 g/mol. The summed E-state index contributed by atoms with van der Waals surface area (Å²) < 4.78 is 26.0. The Morgan fingerprint density at radius 1 is 0.537 bits per heavy atom. The van der Waals surface area contributed by atoms with Crippen molar-refractivity contribution in [3.63, 3.8) is 0 Å². The molecule has 1 heterocycles. The molecule has 5 heteroatoms. The molecule has 0 radical (unpaired) electrons. The Morgan fingerprint density at radius 2 is 0.951 bits per heavy atom. The van der Waals surface area contributed by atoms with E-state index in [-0.39, 0.29) is 0 Å². The van der Waals surface area contributed by atoms with Gasteiger partial charge in [-0.25, -0.2) is 4.57 Å². The fourth-order valence-corrected chi connectivity index (χ4v) is 6.92. The van der Waals surface area contributed by atoms with Crippen LogP contribution in [0.5, 0.6) is 11.5 Å². The van der Waals surface area contributed by atoms with Crippen molar-refractivity contribution < 1.29 is 18.5 Å². The minimum atomic E-state index is -4.60. The van der Waals surface area contributed by atoms with Gasteiger partial charge in [-0.2, -0.15) is 0 Å². The van der Waals surface area contributed by atoms with Gasteiger partial charge >= 0.3 is 7.82 Å². The van der Waals surface area contributed by atoms with Gasteiger partial charge in [-0.05, 0) is 83.6 Å². The minimum Gasteiger partial charge on any atom is -0.394 e. The molecule has 0 bridgehead atoms.